The van der Waals surface area contributed by atoms with Crippen molar-refractivity contribution in [3.05, 3.63) is 0 Å². The van der Waals surface area contributed by atoms with Crippen LogP contribution in [0, 0.1) is 0 Å². The van der Waals surface area contributed by atoms with Gasteiger partial charge in [-0.05, 0) is 51.7 Å². The Bertz CT molecular complexity index is 649. The van der Waals surface area contributed by atoms with Gasteiger partial charge in [0.1, 0.15) is 6.29 Å². The average Bonchev–Trinajstić information content (AvgIpc) is 3.11. The van der Waals surface area contributed by atoms with Crippen LogP contribution < -0.4 is 0 Å². The first kappa shape index (κ1) is 51.0. The lowest BCUT2D eigenvalue weighted by Gasteiger charge is -2.29. The van der Waals surface area contributed by atoms with E-state index in [0.29, 0.717) is 13.1 Å². The number of hydrogen-bond donors (Lipinski definition) is 2. The van der Waals surface area contributed by atoms with Crippen LogP contribution in [0.25, 0.3) is 0 Å². The topological polar surface area (TPSA) is 71.4 Å². The second-order valence-electron chi connectivity index (χ2n) is 16.0. The molecule has 0 aliphatic carbocycles. The van der Waals surface area contributed by atoms with Crippen molar-refractivity contribution >= 4 is 8.56 Å². The third-order valence-corrected chi connectivity index (χ3v) is 12.1. The highest BCUT2D eigenvalue weighted by molar-refractivity contribution is 6.64. The van der Waals surface area contributed by atoms with Gasteiger partial charge in [0.15, 0.2) is 0 Å². The maximum atomic E-state index is 9.21. The van der Waals surface area contributed by atoms with Gasteiger partial charge in [-0.25, -0.2) is 0 Å². The quantitative estimate of drug-likeness (QED) is 0.0368. The molecular formula is C44H93NO5Si. The largest absolute Gasteiger partial charge is 0.395 e. The van der Waals surface area contributed by atoms with Crippen LogP contribution >= 0.6 is 0 Å². The Morgan fingerprint density at radius 1 is 0.431 bits per heavy atom. The second kappa shape index (κ2) is 41.1. The van der Waals surface area contributed by atoms with Crippen LogP contribution in [-0.4, -0.2) is 76.0 Å². The Labute approximate surface area is 321 Å². The lowest BCUT2D eigenvalue weighted by Crippen LogP contribution is -2.40. The van der Waals surface area contributed by atoms with E-state index in [1.54, 1.807) is 0 Å². The van der Waals surface area contributed by atoms with Crippen LogP contribution in [0.4, 0.5) is 0 Å². The third kappa shape index (κ3) is 39.5. The SMILES string of the molecule is CCCCCCCCCCCCCCCCOC(CCCCCCCCCCCCCCC)O[Si](C)(C)OCCCCCCN(CCO)CCO. The molecule has 6 nitrogen and oxygen atoms in total. The van der Waals surface area contributed by atoms with Crippen molar-refractivity contribution in [2.75, 3.05) is 46.1 Å². The van der Waals surface area contributed by atoms with E-state index in [9.17, 15) is 10.2 Å². The van der Waals surface area contributed by atoms with E-state index in [0.717, 1.165) is 58.3 Å². The number of ether oxygens (including phenoxy) is 1. The minimum Gasteiger partial charge on any atom is -0.395 e. The van der Waals surface area contributed by atoms with Gasteiger partial charge in [-0.15, -0.1) is 0 Å². The van der Waals surface area contributed by atoms with Gasteiger partial charge in [-0.1, -0.05) is 187 Å². The summed E-state index contributed by atoms with van der Waals surface area (Å²) in [4.78, 5) is 2.14. The molecule has 0 aromatic heterocycles. The average molecular weight is 744 g/mol. The molecule has 0 fully saturated rings. The lowest BCUT2D eigenvalue weighted by atomic mass is 10.0. The molecule has 2 N–H and O–H groups in total. The first-order valence-electron chi connectivity index (χ1n) is 22.9. The highest BCUT2D eigenvalue weighted by Gasteiger charge is 2.29. The Morgan fingerprint density at radius 3 is 1.20 bits per heavy atom. The van der Waals surface area contributed by atoms with Gasteiger partial charge in [-0.2, -0.15) is 0 Å². The van der Waals surface area contributed by atoms with Crippen LogP contribution in [0.5, 0.6) is 0 Å². The zero-order valence-corrected chi connectivity index (χ0v) is 36.2. The molecule has 0 aliphatic heterocycles. The Balaban J connectivity index is 4.28. The van der Waals surface area contributed by atoms with Crippen molar-refractivity contribution in [3.8, 4) is 0 Å². The minimum atomic E-state index is -2.28. The van der Waals surface area contributed by atoms with E-state index < -0.39 is 8.56 Å². The molecule has 0 saturated heterocycles. The maximum absolute atomic E-state index is 9.21. The fraction of sp³-hybridized carbons (Fsp3) is 1.00. The van der Waals surface area contributed by atoms with E-state index in [1.165, 1.54) is 167 Å². The fourth-order valence-electron chi connectivity index (χ4n) is 7.09. The smallest absolute Gasteiger partial charge is 0.333 e. The number of hydrogen-bond acceptors (Lipinski definition) is 6. The van der Waals surface area contributed by atoms with E-state index >= 15 is 0 Å². The number of aliphatic hydroxyl groups is 2. The highest BCUT2D eigenvalue weighted by Crippen LogP contribution is 2.20. The molecule has 0 saturated carbocycles. The zero-order valence-electron chi connectivity index (χ0n) is 35.2. The molecular weight excluding hydrogens is 651 g/mol. The highest BCUT2D eigenvalue weighted by atomic mass is 28.4. The first-order chi connectivity index (χ1) is 25.0. The number of rotatable bonds is 44. The van der Waals surface area contributed by atoms with Crippen LogP contribution in [0.3, 0.4) is 0 Å². The zero-order chi connectivity index (χ0) is 37.4. The van der Waals surface area contributed by atoms with Gasteiger partial charge >= 0.3 is 8.56 Å². The van der Waals surface area contributed by atoms with Crippen LogP contribution in [0.2, 0.25) is 13.1 Å². The molecule has 0 rings (SSSR count). The summed E-state index contributed by atoms with van der Waals surface area (Å²) in [7, 11) is -2.28. The van der Waals surface area contributed by atoms with Gasteiger partial charge in [0.2, 0.25) is 0 Å². The molecule has 1 atom stereocenters. The Hall–Kier alpha value is -0.0231. The van der Waals surface area contributed by atoms with Gasteiger partial charge in [0.25, 0.3) is 0 Å². The molecule has 0 aliphatic rings. The van der Waals surface area contributed by atoms with E-state index in [1.807, 2.05) is 0 Å². The number of aliphatic hydroxyl groups excluding tert-OH is 2. The summed E-state index contributed by atoms with van der Waals surface area (Å²) in [5, 5.41) is 18.4. The van der Waals surface area contributed by atoms with Crippen molar-refractivity contribution in [1.82, 2.24) is 4.90 Å². The Morgan fingerprint density at radius 2 is 0.784 bits per heavy atom. The summed E-state index contributed by atoms with van der Waals surface area (Å²) in [5.41, 5.74) is 0. The summed E-state index contributed by atoms with van der Waals surface area (Å²) in [5.74, 6) is 0. The van der Waals surface area contributed by atoms with E-state index in [2.05, 4.69) is 31.8 Å². The number of nitrogens with zero attached hydrogens (tertiary/aromatic N) is 1. The predicted octanol–water partition coefficient (Wildman–Crippen LogP) is 12.9. The molecule has 0 heterocycles. The summed E-state index contributed by atoms with van der Waals surface area (Å²) < 4.78 is 19.4. The molecule has 308 valence electrons. The molecule has 1 unspecified atom stereocenters. The summed E-state index contributed by atoms with van der Waals surface area (Å²) >= 11 is 0. The van der Waals surface area contributed by atoms with E-state index in [4.69, 9.17) is 13.6 Å². The molecule has 0 bridgehead atoms. The third-order valence-electron chi connectivity index (χ3n) is 10.4. The van der Waals surface area contributed by atoms with Gasteiger partial charge in [-0.3, -0.25) is 4.90 Å². The Kier molecular flexibility index (Phi) is 41.1. The van der Waals surface area contributed by atoms with Gasteiger partial charge < -0.3 is 23.8 Å². The van der Waals surface area contributed by atoms with Crippen molar-refractivity contribution in [2.45, 2.75) is 239 Å². The molecule has 0 aromatic rings. The molecule has 7 heteroatoms. The summed E-state index contributed by atoms with van der Waals surface area (Å²) in [6.45, 7) is 13.0. The number of unbranched alkanes of at least 4 members (excludes halogenated alkanes) is 28. The first-order valence-corrected chi connectivity index (χ1v) is 25.7. The molecule has 0 amide bonds. The molecule has 0 radical (unpaired) electrons. The molecule has 0 aromatic carbocycles. The summed E-state index contributed by atoms with van der Waals surface area (Å²) in [6.07, 6.45) is 42.3. The second-order valence-corrected chi connectivity index (χ2v) is 19.3. The summed E-state index contributed by atoms with van der Waals surface area (Å²) in [6, 6.07) is 0. The fourth-order valence-corrected chi connectivity index (χ4v) is 8.62. The van der Waals surface area contributed by atoms with Crippen molar-refractivity contribution < 1.29 is 23.8 Å². The predicted molar refractivity (Wildman–Crippen MR) is 224 cm³/mol. The minimum absolute atomic E-state index is 0.134. The van der Waals surface area contributed by atoms with Crippen molar-refractivity contribution in [1.29, 1.82) is 0 Å². The van der Waals surface area contributed by atoms with Gasteiger partial charge in [0.05, 0.1) is 13.2 Å². The van der Waals surface area contributed by atoms with Crippen molar-refractivity contribution in [2.24, 2.45) is 0 Å². The monoisotopic (exact) mass is 744 g/mol. The van der Waals surface area contributed by atoms with Crippen LogP contribution in [0.15, 0.2) is 0 Å². The molecule has 0 spiro atoms. The maximum Gasteiger partial charge on any atom is 0.333 e. The van der Waals surface area contributed by atoms with Crippen LogP contribution in [-0.2, 0) is 13.6 Å². The van der Waals surface area contributed by atoms with Crippen molar-refractivity contribution in [3.63, 3.8) is 0 Å². The lowest BCUT2D eigenvalue weighted by molar-refractivity contribution is -0.104. The van der Waals surface area contributed by atoms with Crippen LogP contribution in [0.1, 0.15) is 219 Å². The van der Waals surface area contributed by atoms with Gasteiger partial charge in [0, 0.05) is 26.3 Å². The van der Waals surface area contributed by atoms with E-state index in [-0.39, 0.29) is 19.5 Å². The normalized spacial score (nSPS) is 12.8. The standard InChI is InChI=1S/C44H93NO5Si/c1-5-7-9-11-13-15-17-19-21-23-25-27-30-34-42-48-44(36-32-28-26-24-22-20-18-16-14-12-10-8-6-2)50-51(3,4)49-43-35-31-29-33-37-45(38-40-46)39-41-47/h44,46-47H,5-43H2,1-4H3. The molecule has 51 heavy (non-hydrogen) atoms.